The number of hydrogen-bond donors (Lipinski definition) is 1. The SMILES string of the molecule is CNCC(COC)c1ccccc1Cl. The van der Waals surface area contributed by atoms with E-state index in [1.165, 1.54) is 0 Å². The van der Waals surface area contributed by atoms with Gasteiger partial charge in [0.25, 0.3) is 0 Å². The van der Waals surface area contributed by atoms with Gasteiger partial charge in [-0.25, -0.2) is 0 Å². The summed E-state index contributed by atoms with van der Waals surface area (Å²) in [5.74, 6) is 0.318. The van der Waals surface area contributed by atoms with E-state index in [1.807, 2.05) is 31.3 Å². The number of ether oxygens (including phenoxy) is 1. The monoisotopic (exact) mass is 213 g/mol. The van der Waals surface area contributed by atoms with Crippen LogP contribution >= 0.6 is 11.6 Å². The highest BCUT2D eigenvalue weighted by Crippen LogP contribution is 2.23. The number of nitrogens with one attached hydrogen (secondary N) is 1. The van der Waals surface area contributed by atoms with Crippen molar-refractivity contribution in [2.24, 2.45) is 0 Å². The molecule has 1 rings (SSSR count). The number of halogens is 1. The van der Waals surface area contributed by atoms with Gasteiger partial charge in [-0.15, -0.1) is 0 Å². The van der Waals surface area contributed by atoms with E-state index < -0.39 is 0 Å². The van der Waals surface area contributed by atoms with Gasteiger partial charge < -0.3 is 10.1 Å². The van der Waals surface area contributed by atoms with E-state index in [9.17, 15) is 0 Å². The summed E-state index contributed by atoms with van der Waals surface area (Å²) >= 11 is 6.11. The molecule has 0 amide bonds. The van der Waals surface area contributed by atoms with Crippen molar-refractivity contribution in [3.63, 3.8) is 0 Å². The molecule has 2 nitrogen and oxygen atoms in total. The third kappa shape index (κ3) is 2.98. The van der Waals surface area contributed by atoms with Gasteiger partial charge in [-0.05, 0) is 18.7 Å². The van der Waals surface area contributed by atoms with E-state index in [0.717, 1.165) is 17.1 Å². The van der Waals surface area contributed by atoms with E-state index in [1.54, 1.807) is 7.11 Å². The lowest BCUT2D eigenvalue weighted by Gasteiger charge is -2.17. The van der Waals surface area contributed by atoms with Crippen molar-refractivity contribution in [1.29, 1.82) is 0 Å². The maximum Gasteiger partial charge on any atom is 0.0543 e. The standard InChI is InChI=1S/C11H16ClNO/c1-13-7-9(8-14-2)10-5-3-4-6-11(10)12/h3-6,9,13H,7-8H2,1-2H3. The zero-order valence-electron chi connectivity index (χ0n) is 8.59. The van der Waals surface area contributed by atoms with Gasteiger partial charge in [0.2, 0.25) is 0 Å². The fourth-order valence-corrected chi connectivity index (χ4v) is 1.80. The predicted molar refractivity (Wildman–Crippen MR) is 60.0 cm³/mol. The molecule has 1 N–H and O–H groups in total. The third-order valence-electron chi connectivity index (χ3n) is 2.16. The first-order valence-electron chi connectivity index (χ1n) is 4.67. The van der Waals surface area contributed by atoms with Crippen LogP contribution in [-0.4, -0.2) is 27.3 Å². The Morgan fingerprint density at radius 2 is 2.14 bits per heavy atom. The second kappa shape index (κ2) is 6.02. The van der Waals surface area contributed by atoms with Crippen molar-refractivity contribution in [3.05, 3.63) is 34.9 Å². The molecule has 1 unspecified atom stereocenters. The van der Waals surface area contributed by atoms with E-state index in [2.05, 4.69) is 5.32 Å². The van der Waals surface area contributed by atoms with Crippen molar-refractivity contribution in [3.8, 4) is 0 Å². The fourth-order valence-electron chi connectivity index (χ4n) is 1.51. The lowest BCUT2D eigenvalue weighted by molar-refractivity contribution is 0.178. The van der Waals surface area contributed by atoms with Gasteiger partial charge in [0.15, 0.2) is 0 Å². The van der Waals surface area contributed by atoms with Crippen LogP contribution in [0.25, 0.3) is 0 Å². The Hall–Kier alpha value is -0.570. The minimum Gasteiger partial charge on any atom is -0.384 e. The molecule has 0 aliphatic rings. The predicted octanol–water partition coefficient (Wildman–Crippen LogP) is 2.29. The summed E-state index contributed by atoms with van der Waals surface area (Å²) in [6, 6.07) is 7.90. The molecule has 0 aromatic heterocycles. The molecular formula is C11H16ClNO. The van der Waals surface area contributed by atoms with Crippen LogP contribution in [0, 0.1) is 0 Å². The van der Waals surface area contributed by atoms with Crippen LogP contribution in [0.1, 0.15) is 11.5 Å². The second-order valence-electron chi connectivity index (χ2n) is 3.23. The van der Waals surface area contributed by atoms with E-state index in [0.29, 0.717) is 12.5 Å². The number of hydrogen-bond acceptors (Lipinski definition) is 2. The number of rotatable bonds is 5. The number of benzene rings is 1. The molecule has 0 aliphatic heterocycles. The van der Waals surface area contributed by atoms with Crippen LogP contribution in [-0.2, 0) is 4.74 Å². The number of likely N-dealkylation sites (N-methyl/N-ethyl adjacent to an activating group) is 1. The van der Waals surface area contributed by atoms with Gasteiger partial charge >= 0.3 is 0 Å². The molecule has 14 heavy (non-hydrogen) atoms. The molecule has 0 saturated carbocycles. The van der Waals surface area contributed by atoms with E-state index in [-0.39, 0.29) is 0 Å². The van der Waals surface area contributed by atoms with Crippen LogP contribution in [0.2, 0.25) is 5.02 Å². The molecule has 0 bridgehead atoms. The Kier molecular flexibility index (Phi) is 4.94. The summed E-state index contributed by atoms with van der Waals surface area (Å²) in [6.07, 6.45) is 0. The zero-order chi connectivity index (χ0) is 10.4. The molecule has 0 aliphatic carbocycles. The lowest BCUT2D eigenvalue weighted by Crippen LogP contribution is -2.21. The van der Waals surface area contributed by atoms with Crippen molar-refractivity contribution in [1.82, 2.24) is 5.32 Å². The Morgan fingerprint density at radius 1 is 1.43 bits per heavy atom. The highest BCUT2D eigenvalue weighted by molar-refractivity contribution is 6.31. The fraction of sp³-hybridized carbons (Fsp3) is 0.455. The Bertz CT molecular complexity index is 272. The van der Waals surface area contributed by atoms with Gasteiger partial charge in [0, 0.05) is 24.6 Å². The average molecular weight is 214 g/mol. The molecule has 0 saturated heterocycles. The third-order valence-corrected chi connectivity index (χ3v) is 2.51. The summed E-state index contributed by atoms with van der Waals surface area (Å²) < 4.78 is 5.17. The first kappa shape index (κ1) is 11.5. The molecular weight excluding hydrogens is 198 g/mol. The molecule has 1 aromatic carbocycles. The van der Waals surface area contributed by atoms with Gasteiger partial charge in [-0.1, -0.05) is 29.8 Å². The van der Waals surface area contributed by atoms with Crippen molar-refractivity contribution >= 4 is 11.6 Å². The normalized spacial score (nSPS) is 12.8. The minimum absolute atomic E-state index is 0.318. The molecule has 0 heterocycles. The summed E-state index contributed by atoms with van der Waals surface area (Å²) in [6.45, 7) is 1.56. The van der Waals surface area contributed by atoms with Crippen LogP contribution in [0.3, 0.4) is 0 Å². The van der Waals surface area contributed by atoms with E-state index in [4.69, 9.17) is 16.3 Å². The minimum atomic E-state index is 0.318. The molecule has 0 fully saturated rings. The van der Waals surface area contributed by atoms with Crippen molar-refractivity contribution < 1.29 is 4.74 Å². The van der Waals surface area contributed by atoms with Crippen molar-refractivity contribution in [2.45, 2.75) is 5.92 Å². The van der Waals surface area contributed by atoms with Crippen molar-refractivity contribution in [2.75, 3.05) is 27.3 Å². The second-order valence-corrected chi connectivity index (χ2v) is 3.64. The Morgan fingerprint density at radius 3 is 2.71 bits per heavy atom. The largest absolute Gasteiger partial charge is 0.384 e. The quantitative estimate of drug-likeness (QED) is 0.811. The molecule has 1 atom stereocenters. The molecule has 0 radical (unpaired) electrons. The highest BCUT2D eigenvalue weighted by atomic mass is 35.5. The smallest absolute Gasteiger partial charge is 0.0543 e. The van der Waals surface area contributed by atoms with Gasteiger partial charge in [0.05, 0.1) is 6.61 Å². The summed E-state index contributed by atoms with van der Waals surface area (Å²) in [5, 5.41) is 3.95. The topological polar surface area (TPSA) is 21.3 Å². The van der Waals surface area contributed by atoms with Gasteiger partial charge in [0.1, 0.15) is 0 Å². The van der Waals surface area contributed by atoms with Gasteiger partial charge in [-0.2, -0.15) is 0 Å². The molecule has 78 valence electrons. The number of methoxy groups -OCH3 is 1. The van der Waals surface area contributed by atoms with Crippen LogP contribution in [0.5, 0.6) is 0 Å². The van der Waals surface area contributed by atoms with E-state index >= 15 is 0 Å². The lowest BCUT2D eigenvalue weighted by atomic mass is 10.00. The van der Waals surface area contributed by atoms with Crippen LogP contribution < -0.4 is 5.32 Å². The molecule has 3 heteroatoms. The highest BCUT2D eigenvalue weighted by Gasteiger charge is 2.12. The first-order chi connectivity index (χ1) is 6.79. The Labute approximate surface area is 90.2 Å². The maximum absolute atomic E-state index is 6.11. The summed E-state index contributed by atoms with van der Waals surface area (Å²) in [5.41, 5.74) is 1.14. The Balaban J connectivity index is 2.81. The zero-order valence-corrected chi connectivity index (χ0v) is 9.34. The first-order valence-corrected chi connectivity index (χ1v) is 5.05. The van der Waals surface area contributed by atoms with Gasteiger partial charge in [-0.3, -0.25) is 0 Å². The summed E-state index contributed by atoms with van der Waals surface area (Å²) in [4.78, 5) is 0. The van der Waals surface area contributed by atoms with Crippen LogP contribution in [0.4, 0.5) is 0 Å². The molecule has 0 spiro atoms. The molecule has 1 aromatic rings. The summed E-state index contributed by atoms with van der Waals surface area (Å²) in [7, 11) is 3.64. The maximum atomic E-state index is 6.11. The van der Waals surface area contributed by atoms with Crippen LogP contribution in [0.15, 0.2) is 24.3 Å². The average Bonchev–Trinajstić information content (AvgIpc) is 2.18.